The quantitative estimate of drug-likeness (QED) is 0.863. The molecule has 5 heteroatoms. The maximum Gasteiger partial charge on any atom is 0.183 e. The third kappa shape index (κ3) is 2.55. The van der Waals surface area contributed by atoms with Crippen molar-refractivity contribution in [1.29, 1.82) is 5.26 Å². The van der Waals surface area contributed by atoms with Gasteiger partial charge in [0.1, 0.15) is 11.8 Å². The van der Waals surface area contributed by atoms with Crippen LogP contribution in [-0.4, -0.2) is 4.98 Å². The molecule has 1 heterocycles. The van der Waals surface area contributed by atoms with Crippen LogP contribution in [0.4, 0.5) is 5.69 Å². The van der Waals surface area contributed by atoms with Crippen LogP contribution in [0.15, 0.2) is 41.0 Å². The van der Waals surface area contributed by atoms with Gasteiger partial charge in [0.05, 0.1) is 4.47 Å². The van der Waals surface area contributed by atoms with E-state index in [1.54, 1.807) is 36.5 Å². The van der Waals surface area contributed by atoms with Crippen LogP contribution in [0, 0.1) is 11.3 Å². The van der Waals surface area contributed by atoms with Gasteiger partial charge in [-0.1, -0.05) is 0 Å². The van der Waals surface area contributed by atoms with Crippen LogP contribution in [0.25, 0.3) is 0 Å². The minimum absolute atomic E-state index is 0.238. The molecule has 0 saturated carbocycles. The number of nitrogens with two attached hydrogens (primary N) is 1. The van der Waals surface area contributed by atoms with E-state index in [1.165, 1.54) is 0 Å². The lowest BCUT2D eigenvalue weighted by Crippen LogP contribution is -1.93. The molecule has 84 valence electrons. The number of nitrogen functional groups attached to an aromatic ring is 1. The summed E-state index contributed by atoms with van der Waals surface area (Å²) in [5.74, 6) is 0.954. The molecule has 0 aliphatic rings. The Kier molecular flexibility index (Phi) is 3.26. The molecule has 0 saturated heterocycles. The summed E-state index contributed by atoms with van der Waals surface area (Å²) in [5, 5.41) is 8.89. The van der Waals surface area contributed by atoms with E-state index < -0.39 is 0 Å². The molecular weight excluding hydrogens is 282 g/mol. The van der Waals surface area contributed by atoms with Gasteiger partial charge in [-0.2, -0.15) is 5.26 Å². The molecular formula is C12H8BrN3O. The summed E-state index contributed by atoms with van der Waals surface area (Å²) in [6.07, 6.45) is 1.54. The first-order valence-electron chi connectivity index (χ1n) is 4.78. The molecule has 0 bridgehead atoms. The molecule has 0 atom stereocenters. The number of anilines is 1. The van der Waals surface area contributed by atoms with Crippen molar-refractivity contribution in [3.8, 4) is 17.6 Å². The van der Waals surface area contributed by atoms with Crippen molar-refractivity contribution in [2.24, 2.45) is 0 Å². The summed E-state index contributed by atoms with van der Waals surface area (Å²) in [6.45, 7) is 0. The Bertz CT molecular complexity index is 593. The first-order valence-corrected chi connectivity index (χ1v) is 5.58. The van der Waals surface area contributed by atoms with Gasteiger partial charge in [0.2, 0.25) is 0 Å². The fraction of sp³-hybridized carbons (Fsp3) is 0. The first-order chi connectivity index (χ1) is 8.20. The van der Waals surface area contributed by atoms with E-state index in [2.05, 4.69) is 20.9 Å². The van der Waals surface area contributed by atoms with Crippen LogP contribution in [0.1, 0.15) is 5.69 Å². The zero-order valence-corrected chi connectivity index (χ0v) is 10.3. The first kappa shape index (κ1) is 11.4. The van der Waals surface area contributed by atoms with E-state index in [0.29, 0.717) is 17.2 Å². The molecule has 2 N–H and O–H groups in total. The second-order valence-corrected chi connectivity index (χ2v) is 4.11. The Morgan fingerprint density at radius 1 is 1.29 bits per heavy atom. The number of hydrogen-bond acceptors (Lipinski definition) is 4. The molecule has 0 radical (unpaired) electrons. The Labute approximate surface area is 107 Å². The van der Waals surface area contributed by atoms with Gasteiger partial charge in [-0.25, -0.2) is 4.98 Å². The third-order valence-corrected chi connectivity index (χ3v) is 2.71. The molecule has 4 nitrogen and oxygen atoms in total. The van der Waals surface area contributed by atoms with Crippen molar-refractivity contribution in [2.75, 3.05) is 5.73 Å². The van der Waals surface area contributed by atoms with Crippen LogP contribution >= 0.6 is 15.9 Å². The lowest BCUT2D eigenvalue weighted by molar-refractivity contribution is 0.475. The van der Waals surface area contributed by atoms with Crippen LogP contribution in [0.5, 0.6) is 11.5 Å². The largest absolute Gasteiger partial charge is 0.453 e. The second kappa shape index (κ2) is 4.85. The normalized spacial score (nSPS) is 9.65. The van der Waals surface area contributed by atoms with Gasteiger partial charge in [0.25, 0.3) is 0 Å². The molecule has 0 fully saturated rings. The summed E-state index contributed by atoms with van der Waals surface area (Å²) in [5.41, 5.74) is 6.50. The van der Waals surface area contributed by atoms with Crippen molar-refractivity contribution in [1.82, 2.24) is 4.98 Å². The SMILES string of the molecule is N#Cc1ncccc1Oc1cc(N)ccc1Br. The van der Waals surface area contributed by atoms with E-state index in [-0.39, 0.29) is 5.69 Å². The lowest BCUT2D eigenvalue weighted by atomic mass is 10.3. The smallest absolute Gasteiger partial charge is 0.183 e. The number of halogens is 1. The summed E-state index contributed by atoms with van der Waals surface area (Å²) in [6, 6.07) is 10.6. The van der Waals surface area contributed by atoms with E-state index in [1.807, 2.05) is 6.07 Å². The summed E-state index contributed by atoms with van der Waals surface area (Å²) >= 11 is 3.35. The molecule has 1 aromatic carbocycles. The zero-order valence-electron chi connectivity index (χ0n) is 8.72. The topological polar surface area (TPSA) is 71.9 Å². The molecule has 0 aliphatic carbocycles. The maximum atomic E-state index is 8.89. The summed E-state index contributed by atoms with van der Waals surface area (Å²) in [7, 11) is 0. The average Bonchev–Trinajstić information content (AvgIpc) is 2.34. The number of nitrogens with zero attached hydrogens (tertiary/aromatic N) is 2. The standard InChI is InChI=1S/C12H8BrN3O/c13-9-4-3-8(15)6-12(9)17-11-2-1-5-16-10(11)7-14/h1-6H,15H2. The van der Waals surface area contributed by atoms with Crippen molar-refractivity contribution >= 4 is 21.6 Å². The molecule has 17 heavy (non-hydrogen) atoms. The second-order valence-electron chi connectivity index (χ2n) is 3.25. The zero-order chi connectivity index (χ0) is 12.3. The number of benzene rings is 1. The lowest BCUT2D eigenvalue weighted by Gasteiger charge is -2.08. The van der Waals surface area contributed by atoms with Gasteiger partial charge in [-0.3, -0.25) is 0 Å². The predicted octanol–water partition coefficient (Wildman–Crippen LogP) is 3.09. The minimum Gasteiger partial charge on any atom is -0.453 e. The van der Waals surface area contributed by atoms with Crippen LogP contribution in [-0.2, 0) is 0 Å². The number of pyridine rings is 1. The highest BCUT2D eigenvalue weighted by molar-refractivity contribution is 9.10. The van der Waals surface area contributed by atoms with Crippen molar-refractivity contribution in [3.05, 3.63) is 46.7 Å². The Balaban J connectivity index is 2.38. The minimum atomic E-state index is 0.238. The maximum absolute atomic E-state index is 8.89. The summed E-state index contributed by atoms with van der Waals surface area (Å²) < 4.78 is 6.36. The third-order valence-electron chi connectivity index (χ3n) is 2.05. The fourth-order valence-corrected chi connectivity index (χ4v) is 1.60. The fourth-order valence-electron chi connectivity index (χ4n) is 1.27. The molecule has 1 aromatic heterocycles. The van der Waals surface area contributed by atoms with Crippen molar-refractivity contribution < 1.29 is 4.74 Å². The Hall–Kier alpha value is -2.06. The van der Waals surface area contributed by atoms with Crippen LogP contribution < -0.4 is 10.5 Å². The molecule has 0 spiro atoms. The Morgan fingerprint density at radius 2 is 2.12 bits per heavy atom. The molecule has 0 unspecified atom stereocenters. The summed E-state index contributed by atoms with van der Waals surface area (Å²) in [4.78, 5) is 3.91. The molecule has 2 rings (SSSR count). The average molecular weight is 290 g/mol. The van der Waals surface area contributed by atoms with E-state index >= 15 is 0 Å². The van der Waals surface area contributed by atoms with Gasteiger partial charge in [0, 0.05) is 18.0 Å². The van der Waals surface area contributed by atoms with E-state index in [0.717, 1.165) is 4.47 Å². The van der Waals surface area contributed by atoms with Gasteiger partial charge in [-0.05, 0) is 40.2 Å². The van der Waals surface area contributed by atoms with Crippen LogP contribution in [0.2, 0.25) is 0 Å². The number of ether oxygens (including phenoxy) is 1. The highest BCUT2D eigenvalue weighted by Crippen LogP contribution is 2.32. The highest BCUT2D eigenvalue weighted by Gasteiger charge is 2.07. The van der Waals surface area contributed by atoms with E-state index in [9.17, 15) is 0 Å². The monoisotopic (exact) mass is 289 g/mol. The van der Waals surface area contributed by atoms with Gasteiger partial charge in [-0.15, -0.1) is 0 Å². The number of nitriles is 1. The Morgan fingerprint density at radius 3 is 2.88 bits per heavy atom. The molecule has 0 amide bonds. The van der Waals surface area contributed by atoms with Crippen molar-refractivity contribution in [2.45, 2.75) is 0 Å². The predicted molar refractivity (Wildman–Crippen MR) is 67.6 cm³/mol. The molecule has 2 aromatic rings. The van der Waals surface area contributed by atoms with Gasteiger partial charge < -0.3 is 10.5 Å². The van der Waals surface area contributed by atoms with Gasteiger partial charge in [0.15, 0.2) is 11.4 Å². The number of rotatable bonds is 2. The number of aromatic nitrogens is 1. The number of hydrogen-bond donors (Lipinski definition) is 1. The molecule has 0 aliphatic heterocycles. The van der Waals surface area contributed by atoms with Crippen molar-refractivity contribution in [3.63, 3.8) is 0 Å². The van der Waals surface area contributed by atoms with E-state index in [4.69, 9.17) is 15.7 Å². The van der Waals surface area contributed by atoms with Crippen LogP contribution in [0.3, 0.4) is 0 Å². The van der Waals surface area contributed by atoms with Gasteiger partial charge >= 0.3 is 0 Å². The highest BCUT2D eigenvalue weighted by atomic mass is 79.9.